The van der Waals surface area contributed by atoms with Crippen LogP contribution in [-0.2, 0) is 4.79 Å². The van der Waals surface area contributed by atoms with E-state index in [2.05, 4.69) is 0 Å². The summed E-state index contributed by atoms with van der Waals surface area (Å²) in [4.78, 5) is 11.3. The van der Waals surface area contributed by atoms with Crippen LogP contribution in [0.3, 0.4) is 0 Å². The van der Waals surface area contributed by atoms with Crippen molar-refractivity contribution < 1.29 is 24.7 Å². The molecule has 7 heteroatoms. The molecular weight excluding hydrogens is 285 g/mol. The first-order valence-electron chi connectivity index (χ1n) is 7.50. The third-order valence-electron chi connectivity index (χ3n) is 3.54. The fraction of sp³-hybridized carbons (Fsp3) is 0.533. The summed E-state index contributed by atoms with van der Waals surface area (Å²) in [7, 11) is -1.35. The van der Waals surface area contributed by atoms with Crippen LogP contribution >= 0.6 is 0 Å². The second-order valence-electron chi connectivity index (χ2n) is 5.45. The van der Waals surface area contributed by atoms with Crippen molar-refractivity contribution >= 4 is 13.1 Å². The first kappa shape index (κ1) is 18.5. The minimum atomic E-state index is -1.35. The van der Waals surface area contributed by atoms with Crippen LogP contribution in [-0.4, -0.2) is 40.4 Å². The van der Waals surface area contributed by atoms with Crippen LogP contribution < -0.4 is 10.5 Å². The summed E-state index contributed by atoms with van der Waals surface area (Å²) in [5.74, 6) is -0.283. The van der Waals surface area contributed by atoms with Crippen molar-refractivity contribution in [1.82, 2.24) is 0 Å². The van der Waals surface area contributed by atoms with Crippen LogP contribution in [0.2, 0.25) is 6.32 Å². The molecule has 0 aliphatic heterocycles. The van der Waals surface area contributed by atoms with Gasteiger partial charge in [-0.05, 0) is 37.7 Å². The van der Waals surface area contributed by atoms with Crippen LogP contribution in [0, 0.1) is 0 Å². The van der Waals surface area contributed by atoms with Crippen molar-refractivity contribution in [2.75, 3.05) is 6.61 Å². The summed E-state index contributed by atoms with van der Waals surface area (Å²) in [6.07, 6.45) is 2.47. The molecule has 0 spiro atoms. The van der Waals surface area contributed by atoms with E-state index in [1.807, 2.05) is 30.3 Å². The Kier molecular flexibility index (Phi) is 7.94. The number of unbranched alkanes of at least 4 members (excludes halogenated alkanes) is 1. The molecule has 0 amide bonds. The molecule has 1 aromatic rings. The highest BCUT2D eigenvalue weighted by Crippen LogP contribution is 2.20. The second-order valence-corrected chi connectivity index (χ2v) is 5.45. The number of hydrogen-bond donors (Lipinski definition) is 4. The van der Waals surface area contributed by atoms with Gasteiger partial charge in [0.25, 0.3) is 0 Å². The van der Waals surface area contributed by atoms with Gasteiger partial charge in [0.1, 0.15) is 11.3 Å². The van der Waals surface area contributed by atoms with E-state index in [-0.39, 0.29) is 6.32 Å². The van der Waals surface area contributed by atoms with Crippen LogP contribution in [0.5, 0.6) is 5.75 Å². The van der Waals surface area contributed by atoms with Gasteiger partial charge >= 0.3 is 13.1 Å². The monoisotopic (exact) mass is 309 g/mol. The first-order valence-corrected chi connectivity index (χ1v) is 7.50. The summed E-state index contributed by atoms with van der Waals surface area (Å²) < 4.78 is 5.52. The molecule has 0 fully saturated rings. The van der Waals surface area contributed by atoms with Crippen LogP contribution in [0.15, 0.2) is 30.3 Å². The molecule has 0 aliphatic rings. The Morgan fingerprint density at radius 2 is 1.77 bits per heavy atom. The maximum atomic E-state index is 11.3. The number of carbonyl (C=O) groups is 1. The van der Waals surface area contributed by atoms with Gasteiger partial charge in [-0.1, -0.05) is 31.0 Å². The molecule has 1 atom stereocenters. The standard InChI is InChI=1S/C15H24BNO5/c17-15(14(18)19,9-4-5-11-16(20)21)10-6-12-22-13-7-2-1-3-8-13/h1-3,7-8,20-21H,4-6,9-12,17H2,(H,18,19). The number of rotatable bonds is 11. The lowest BCUT2D eigenvalue weighted by Crippen LogP contribution is -2.48. The molecule has 0 bridgehead atoms. The molecule has 5 N–H and O–H groups in total. The number of ether oxygens (including phenoxy) is 1. The number of hydrogen-bond acceptors (Lipinski definition) is 5. The Morgan fingerprint density at radius 3 is 2.36 bits per heavy atom. The molecule has 0 aromatic heterocycles. The van der Waals surface area contributed by atoms with Crippen molar-refractivity contribution in [2.45, 2.75) is 44.0 Å². The van der Waals surface area contributed by atoms with Crippen molar-refractivity contribution in [1.29, 1.82) is 0 Å². The SMILES string of the molecule is NC(CCCCB(O)O)(CCCOc1ccccc1)C(=O)O. The molecule has 1 rings (SSSR count). The summed E-state index contributed by atoms with van der Waals surface area (Å²) in [5.41, 5.74) is 4.67. The van der Waals surface area contributed by atoms with E-state index in [1.165, 1.54) is 0 Å². The average molecular weight is 309 g/mol. The number of carboxylic acids is 1. The third-order valence-corrected chi connectivity index (χ3v) is 3.54. The van der Waals surface area contributed by atoms with Crippen molar-refractivity contribution in [3.8, 4) is 5.75 Å². The van der Waals surface area contributed by atoms with Crippen molar-refractivity contribution in [3.05, 3.63) is 30.3 Å². The average Bonchev–Trinajstić information content (AvgIpc) is 2.49. The van der Waals surface area contributed by atoms with Crippen LogP contribution in [0.1, 0.15) is 32.1 Å². The summed E-state index contributed by atoms with van der Waals surface area (Å²) in [6, 6.07) is 9.32. The fourth-order valence-electron chi connectivity index (χ4n) is 2.20. The fourth-order valence-corrected chi connectivity index (χ4v) is 2.20. The molecular formula is C15H24BNO5. The van der Waals surface area contributed by atoms with E-state index >= 15 is 0 Å². The van der Waals surface area contributed by atoms with E-state index in [0.29, 0.717) is 38.7 Å². The van der Waals surface area contributed by atoms with Gasteiger partial charge in [0.05, 0.1) is 6.61 Å². The quantitative estimate of drug-likeness (QED) is 0.362. The molecule has 0 saturated heterocycles. The number of para-hydroxylation sites is 1. The second kappa shape index (κ2) is 9.45. The van der Waals surface area contributed by atoms with Crippen molar-refractivity contribution in [2.24, 2.45) is 5.73 Å². The molecule has 1 unspecified atom stereocenters. The summed E-state index contributed by atoms with van der Waals surface area (Å²) in [5, 5.41) is 26.8. The Labute approximate surface area is 131 Å². The predicted octanol–water partition coefficient (Wildman–Crippen LogP) is 1.27. The molecule has 22 heavy (non-hydrogen) atoms. The lowest BCUT2D eigenvalue weighted by atomic mass is 9.81. The zero-order valence-corrected chi connectivity index (χ0v) is 12.6. The Morgan fingerprint density at radius 1 is 1.14 bits per heavy atom. The highest BCUT2D eigenvalue weighted by molar-refractivity contribution is 6.40. The smallest absolute Gasteiger partial charge is 0.451 e. The molecule has 0 radical (unpaired) electrons. The van der Waals surface area contributed by atoms with Gasteiger partial charge in [0.2, 0.25) is 0 Å². The normalized spacial score (nSPS) is 13.4. The van der Waals surface area contributed by atoms with Crippen LogP contribution in [0.4, 0.5) is 0 Å². The summed E-state index contributed by atoms with van der Waals surface area (Å²) in [6.45, 7) is 0.408. The minimum absolute atomic E-state index is 0.229. The van der Waals surface area contributed by atoms with Gasteiger partial charge in [0.15, 0.2) is 0 Å². The molecule has 0 aliphatic carbocycles. The van der Waals surface area contributed by atoms with Crippen molar-refractivity contribution in [3.63, 3.8) is 0 Å². The third kappa shape index (κ3) is 6.93. The van der Waals surface area contributed by atoms with Gasteiger partial charge in [-0.2, -0.15) is 0 Å². The summed E-state index contributed by atoms with van der Waals surface area (Å²) >= 11 is 0. The highest BCUT2D eigenvalue weighted by Gasteiger charge is 2.32. The van der Waals surface area contributed by atoms with E-state index in [0.717, 1.165) is 5.75 Å². The topological polar surface area (TPSA) is 113 Å². The van der Waals surface area contributed by atoms with E-state index in [9.17, 15) is 9.90 Å². The van der Waals surface area contributed by atoms with E-state index in [4.69, 9.17) is 20.5 Å². The first-order chi connectivity index (χ1) is 10.4. The largest absolute Gasteiger partial charge is 0.494 e. The van der Waals surface area contributed by atoms with Gasteiger partial charge in [0, 0.05) is 0 Å². The Balaban J connectivity index is 2.31. The van der Waals surface area contributed by atoms with Gasteiger partial charge in [-0.15, -0.1) is 0 Å². The van der Waals surface area contributed by atoms with Gasteiger partial charge in [-0.25, -0.2) is 0 Å². The van der Waals surface area contributed by atoms with E-state index < -0.39 is 18.6 Å². The number of aliphatic carboxylic acids is 1. The van der Waals surface area contributed by atoms with Gasteiger partial charge in [-0.3, -0.25) is 4.79 Å². The molecule has 1 aromatic carbocycles. The van der Waals surface area contributed by atoms with Gasteiger partial charge < -0.3 is 25.6 Å². The maximum Gasteiger partial charge on any atom is 0.451 e. The number of nitrogens with two attached hydrogens (primary N) is 1. The lowest BCUT2D eigenvalue weighted by Gasteiger charge is -2.24. The predicted molar refractivity (Wildman–Crippen MR) is 84.6 cm³/mol. The Hall–Kier alpha value is -1.57. The number of carboxylic acid groups (broad SMARTS) is 1. The van der Waals surface area contributed by atoms with Crippen LogP contribution in [0.25, 0.3) is 0 Å². The zero-order chi connectivity index (χ0) is 16.4. The molecule has 0 heterocycles. The number of benzene rings is 1. The zero-order valence-electron chi connectivity index (χ0n) is 12.6. The maximum absolute atomic E-state index is 11.3. The molecule has 6 nitrogen and oxygen atoms in total. The highest BCUT2D eigenvalue weighted by atomic mass is 16.5. The minimum Gasteiger partial charge on any atom is -0.494 e. The lowest BCUT2D eigenvalue weighted by molar-refractivity contribution is -0.144. The van der Waals surface area contributed by atoms with E-state index in [1.54, 1.807) is 0 Å². The molecule has 0 saturated carbocycles. The molecule has 122 valence electrons. The Bertz CT molecular complexity index is 443.